The van der Waals surface area contributed by atoms with Gasteiger partial charge in [-0.25, -0.2) is 0 Å². The van der Waals surface area contributed by atoms with E-state index in [0.29, 0.717) is 30.1 Å². The van der Waals surface area contributed by atoms with E-state index in [1.807, 2.05) is 11.8 Å². The van der Waals surface area contributed by atoms with Crippen LogP contribution in [0.2, 0.25) is 0 Å². The molecule has 5 aliphatic rings. The molecule has 4 aliphatic heterocycles. The van der Waals surface area contributed by atoms with Gasteiger partial charge in [0.1, 0.15) is 12.5 Å². The number of nitrogens with one attached hydrogen (secondary N) is 4. The number of fused-ring (bicyclic) bond motifs is 1. The molecule has 0 aromatic carbocycles. The summed E-state index contributed by atoms with van der Waals surface area (Å²) in [5.41, 5.74) is 0. The minimum absolute atomic E-state index is 0.000893. The van der Waals surface area contributed by atoms with Crippen molar-refractivity contribution in [3.05, 3.63) is 0 Å². The first-order valence-electron chi connectivity index (χ1n) is 12.9. The highest BCUT2D eigenvalue weighted by Gasteiger charge is 2.50. The number of thioether (sulfide) groups is 1. The van der Waals surface area contributed by atoms with Crippen LogP contribution in [0.15, 0.2) is 0 Å². The van der Waals surface area contributed by atoms with E-state index in [1.165, 1.54) is 0 Å². The number of rotatable bonds is 7. The standard InChI is InChI=1S/C23H39N5O5S/c29-17-11-19(28-7-9-32-10-8-28)33-21-16(13-34-22(17)21)14-1-3-15(4-2-14)26-23-24-6-5-18(27-23)25-12-20(30)31/h14-16,18-19,21-27H,1-13H2,(H,30,31). The van der Waals surface area contributed by atoms with Crippen LogP contribution in [0.5, 0.6) is 0 Å². The van der Waals surface area contributed by atoms with Crippen LogP contribution in [0.4, 0.5) is 0 Å². The molecule has 6 unspecified atom stereocenters. The predicted octanol–water partition coefficient (Wildman–Crippen LogP) is -0.250. The van der Waals surface area contributed by atoms with Crippen LogP contribution in [-0.4, -0.2) is 103 Å². The minimum Gasteiger partial charge on any atom is -0.480 e. The van der Waals surface area contributed by atoms with Crippen molar-refractivity contribution in [1.29, 1.82) is 0 Å². The molecule has 0 radical (unpaired) electrons. The summed E-state index contributed by atoms with van der Waals surface area (Å²) >= 11 is 1.82. The van der Waals surface area contributed by atoms with Crippen molar-refractivity contribution >= 4 is 23.5 Å². The highest BCUT2D eigenvalue weighted by molar-refractivity contribution is 8.01. The number of aliphatic carboxylic acids is 1. The molecule has 4 saturated heterocycles. The molecule has 1 saturated carbocycles. The van der Waals surface area contributed by atoms with Gasteiger partial charge in [-0.2, -0.15) is 0 Å². The van der Waals surface area contributed by atoms with Crippen molar-refractivity contribution in [3.63, 3.8) is 0 Å². The topological polar surface area (TPSA) is 124 Å². The van der Waals surface area contributed by atoms with Crippen LogP contribution >= 0.6 is 11.8 Å². The van der Waals surface area contributed by atoms with Gasteiger partial charge in [0.2, 0.25) is 0 Å². The third kappa shape index (κ3) is 5.95. The Labute approximate surface area is 205 Å². The molecular weight excluding hydrogens is 458 g/mol. The quantitative estimate of drug-likeness (QED) is 0.320. The number of ketones is 1. The maximum Gasteiger partial charge on any atom is 0.317 e. The van der Waals surface area contributed by atoms with Crippen molar-refractivity contribution in [1.82, 2.24) is 26.2 Å². The van der Waals surface area contributed by atoms with Crippen LogP contribution in [-0.2, 0) is 19.1 Å². The second-order valence-corrected chi connectivity index (χ2v) is 11.4. The molecule has 10 nitrogen and oxygen atoms in total. The first kappa shape index (κ1) is 24.9. The fraction of sp³-hybridized carbons (Fsp3) is 0.913. The zero-order valence-electron chi connectivity index (χ0n) is 19.7. The summed E-state index contributed by atoms with van der Waals surface area (Å²) in [7, 11) is 0. The zero-order chi connectivity index (χ0) is 23.5. The maximum absolute atomic E-state index is 12.9. The number of carboxylic acid groups (broad SMARTS) is 1. The van der Waals surface area contributed by atoms with E-state index in [4.69, 9.17) is 14.6 Å². The molecule has 0 aromatic heterocycles. The molecule has 4 heterocycles. The summed E-state index contributed by atoms with van der Waals surface area (Å²) < 4.78 is 12.1. The number of carbonyl (C=O) groups is 2. The Morgan fingerprint density at radius 2 is 1.97 bits per heavy atom. The number of nitrogens with zero attached hydrogens (tertiary/aromatic N) is 1. The highest BCUT2D eigenvalue weighted by Crippen LogP contribution is 2.46. The number of ether oxygens (including phenoxy) is 2. The maximum atomic E-state index is 12.9. The summed E-state index contributed by atoms with van der Waals surface area (Å²) in [4.78, 5) is 26.0. The van der Waals surface area contributed by atoms with Gasteiger partial charge in [-0.1, -0.05) is 0 Å². The summed E-state index contributed by atoms with van der Waals surface area (Å²) in [6.07, 6.45) is 5.85. The molecule has 5 rings (SSSR count). The van der Waals surface area contributed by atoms with Gasteiger partial charge in [0.25, 0.3) is 0 Å². The highest BCUT2D eigenvalue weighted by atomic mass is 32.2. The van der Waals surface area contributed by atoms with Gasteiger partial charge in [0, 0.05) is 32.1 Å². The molecule has 6 atom stereocenters. The first-order valence-corrected chi connectivity index (χ1v) is 13.9. The van der Waals surface area contributed by atoms with Crippen molar-refractivity contribution in [2.24, 2.45) is 11.8 Å². The zero-order valence-corrected chi connectivity index (χ0v) is 20.6. The number of carbonyl (C=O) groups excluding carboxylic acids is 1. The molecule has 34 heavy (non-hydrogen) atoms. The summed E-state index contributed by atoms with van der Waals surface area (Å²) in [6, 6.07) is 0.430. The lowest BCUT2D eigenvalue weighted by molar-refractivity contribution is -0.170. The number of hydrogen-bond acceptors (Lipinski definition) is 10. The first-order chi connectivity index (χ1) is 16.6. The second kappa shape index (κ2) is 11.5. The van der Waals surface area contributed by atoms with Gasteiger partial charge in [0.05, 0.1) is 37.3 Å². The van der Waals surface area contributed by atoms with E-state index in [9.17, 15) is 9.59 Å². The van der Waals surface area contributed by atoms with Crippen LogP contribution in [0.1, 0.15) is 38.5 Å². The number of morpholine rings is 1. The van der Waals surface area contributed by atoms with Gasteiger partial charge in [-0.05, 0) is 49.7 Å². The second-order valence-electron chi connectivity index (χ2n) is 10.2. The molecule has 0 spiro atoms. The third-order valence-electron chi connectivity index (χ3n) is 8.08. The molecule has 192 valence electrons. The lowest BCUT2D eigenvalue weighted by atomic mass is 9.75. The number of carboxylic acids is 1. The fourth-order valence-electron chi connectivity index (χ4n) is 6.22. The van der Waals surface area contributed by atoms with Crippen molar-refractivity contribution in [2.45, 2.75) is 74.6 Å². The molecule has 0 amide bonds. The van der Waals surface area contributed by atoms with Gasteiger partial charge in [0.15, 0.2) is 5.78 Å². The number of Topliss-reactive ketones (excluding diaryl/α,β-unsaturated/α-hetero) is 1. The van der Waals surface area contributed by atoms with Gasteiger partial charge < -0.3 is 14.6 Å². The molecule has 0 bridgehead atoms. The Hall–Kier alpha value is -0.790. The van der Waals surface area contributed by atoms with Crippen LogP contribution < -0.4 is 21.3 Å². The monoisotopic (exact) mass is 497 g/mol. The molecule has 1 aliphatic carbocycles. The fourth-order valence-corrected chi connectivity index (χ4v) is 7.85. The van der Waals surface area contributed by atoms with Crippen LogP contribution in [0.25, 0.3) is 0 Å². The molecule has 0 aromatic rings. The van der Waals surface area contributed by atoms with E-state index in [1.54, 1.807) is 0 Å². The Balaban J connectivity index is 1.10. The lowest BCUT2D eigenvalue weighted by Gasteiger charge is -2.43. The Morgan fingerprint density at radius 1 is 1.18 bits per heavy atom. The normalized spacial score (nSPS) is 41.8. The Morgan fingerprint density at radius 3 is 2.74 bits per heavy atom. The van der Waals surface area contributed by atoms with Crippen molar-refractivity contribution in [2.75, 3.05) is 45.1 Å². The van der Waals surface area contributed by atoms with E-state index < -0.39 is 5.97 Å². The van der Waals surface area contributed by atoms with Crippen molar-refractivity contribution < 1.29 is 24.2 Å². The molecule has 5 fully saturated rings. The van der Waals surface area contributed by atoms with Crippen LogP contribution in [0.3, 0.4) is 0 Å². The van der Waals surface area contributed by atoms with E-state index in [0.717, 1.165) is 70.7 Å². The third-order valence-corrected chi connectivity index (χ3v) is 9.55. The SMILES string of the molecule is O=C(O)CNC1CCNC(NC2CCC(C3CSC4C(=O)CC(N5CCOCC5)OC43)CC2)N1. The summed E-state index contributed by atoms with van der Waals surface area (Å²) in [5, 5.41) is 22.5. The predicted molar refractivity (Wildman–Crippen MR) is 128 cm³/mol. The molecule has 11 heteroatoms. The smallest absolute Gasteiger partial charge is 0.317 e. The largest absolute Gasteiger partial charge is 0.480 e. The minimum atomic E-state index is -0.838. The summed E-state index contributed by atoms with van der Waals surface area (Å²) in [6.45, 7) is 3.94. The van der Waals surface area contributed by atoms with Gasteiger partial charge in [-0.15, -0.1) is 11.8 Å². The molecular formula is C23H39N5O5S. The van der Waals surface area contributed by atoms with Crippen LogP contribution in [0, 0.1) is 11.8 Å². The average molecular weight is 498 g/mol. The van der Waals surface area contributed by atoms with E-state index in [-0.39, 0.29) is 36.6 Å². The van der Waals surface area contributed by atoms with Gasteiger partial charge in [-0.3, -0.25) is 35.8 Å². The Bertz CT molecular complexity index is 718. The number of hydrogen-bond donors (Lipinski definition) is 5. The Kier molecular flexibility index (Phi) is 8.42. The van der Waals surface area contributed by atoms with Crippen molar-refractivity contribution in [3.8, 4) is 0 Å². The van der Waals surface area contributed by atoms with E-state index in [2.05, 4.69) is 26.2 Å². The van der Waals surface area contributed by atoms with E-state index >= 15 is 0 Å². The molecule has 5 N–H and O–H groups in total. The summed E-state index contributed by atoms with van der Waals surface area (Å²) in [5.74, 6) is 1.63. The lowest BCUT2D eigenvalue weighted by Crippen LogP contribution is -2.66. The van der Waals surface area contributed by atoms with Gasteiger partial charge >= 0.3 is 5.97 Å². The average Bonchev–Trinajstić information content (AvgIpc) is 3.29.